The largest absolute Gasteiger partial charge is 0.346 e. The van der Waals surface area contributed by atoms with Gasteiger partial charge in [0.15, 0.2) is 0 Å². The number of rotatable bonds is 6. The van der Waals surface area contributed by atoms with Gasteiger partial charge in [0.2, 0.25) is 5.78 Å². The van der Waals surface area contributed by atoms with E-state index in [9.17, 15) is 9.59 Å². The summed E-state index contributed by atoms with van der Waals surface area (Å²) in [5.41, 5.74) is 0. The molecule has 1 aliphatic carbocycles. The Morgan fingerprint density at radius 3 is 2.44 bits per heavy atom. The fourth-order valence-electron chi connectivity index (χ4n) is 1.44. The van der Waals surface area contributed by atoms with Crippen LogP contribution in [0.5, 0.6) is 0 Å². The molecule has 1 rings (SSSR count). The second kappa shape index (κ2) is 8.08. The molecule has 1 fully saturated rings. The van der Waals surface area contributed by atoms with Crippen LogP contribution in [0, 0.1) is 11.8 Å². The van der Waals surface area contributed by atoms with Gasteiger partial charge in [0.05, 0.1) is 0 Å². The van der Waals surface area contributed by atoms with Crippen LogP contribution in [0.1, 0.15) is 40.0 Å². The number of ketones is 1. The Morgan fingerprint density at radius 2 is 2.00 bits per heavy atom. The van der Waals surface area contributed by atoms with Crippen LogP contribution in [0.4, 0.5) is 0 Å². The highest BCUT2D eigenvalue weighted by molar-refractivity contribution is 6.36. The van der Waals surface area contributed by atoms with Crippen molar-refractivity contribution < 1.29 is 9.59 Å². The molecule has 1 amide bonds. The van der Waals surface area contributed by atoms with E-state index >= 15 is 0 Å². The molecular weight excluding hydrogens is 202 g/mol. The van der Waals surface area contributed by atoms with E-state index in [-0.39, 0.29) is 11.7 Å². The maximum atomic E-state index is 11.5. The van der Waals surface area contributed by atoms with Gasteiger partial charge in [-0.1, -0.05) is 39.7 Å². The van der Waals surface area contributed by atoms with Crippen LogP contribution < -0.4 is 5.32 Å². The van der Waals surface area contributed by atoms with Gasteiger partial charge in [0.25, 0.3) is 5.91 Å². The van der Waals surface area contributed by atoms with Crippen molar-refractivity contribution in [1.82, 2.24) is 5.32 Å². The summed E-state index contributed by atoms with van der Waals surface area (Å²) in [7, 11) is 0. The van der Waals surface area contributed by atoms with Gasteiger partial charge in [-0.2, -0.15) is 0 Å². The molecule has 0 aliphatic heterocycles. The fraction of sp³-hybridized carbons (Fsp3) is 0.692. The quantitative estimate of drug-likeness (QED) is 0.557. The van der Waals surface area contributed by atoms with E-state index < -0.39 is 5.91 Å². The average molecular weight is 225 g/mol. The number of Topliss-reactive ketones (excluding diaryl/α,β-unsaturated/α-hetero) is 1. The molecule has 1 saturated carbocycles. The molecule has 3 nitrogen and oxygen atoms in total. The van der Waals surface area contributed by atoms with Crippen LogP contribution in [0.25, 0.3) is 0 Å². The highest BCUT2D eigenvalue weighted by Gasteiger charge is 2.29. The van der Waals surface area contributed by atoms with Crippen LogP contribution in [0.15, 0.2) is 12.7 Å². The molecule has 0 radical (unpaired) electrons. The Kier molecular flexibility index (Phi) is 7.52. The molecule has 0 aromatic heterocycles. The molecule has 0 aromatic rings. The van der Waals surface area contributed by atoms with E-state index in [4.69, 9.17) is 0 Å². The van der Waals surface area contributed by atoms with Crippen molar-refractivity contribution in [3.63, 3.8) is 0 Å². The van der Waals surface area contributed by atoms with E-state index in [0.717, 1.165) is 6.42 Å². The summed E-state index contributed by atoms with van der Waals surface area (Å²) in [6.45, 7) is 9.66. The first-order valence-electron chi connectivity index (χ1n) is 6.08. The second-order valence-corrected chi connectivity index (χ2v) is 3.94. The van der Waals surface area contributed by atoms with Crippen LogP contribution in [-0.4, -0.2) is 18.2 Å². The molecule has 0 bridgehead atoms. The minimum Gasteiger partial charge on any atom is -0.346 e. The van der Waals surface area contributed by atoms with E-state index in [0.29, 0.717) is 12.5 Å². The van der Waals surface area contributed by atoms with E-state index in [1.54, 1.807) is 6.08 Å². The summed E-state index contributed by atoms with van der Waals surface area (Å²) in [5, 5.41) is 2.50. The van der Waals surface area contributed by atoms with Gasteiger partial charge in [0.1, 0.15) is 0 Å². The number of nitrogens with one attached hydrogen (secondary N) is 1. The van der Waals surface area contributed by atoms with Crippen LogP contribution in [0.2, 0.25) is 0 Å². The van der Waals surface area contributed by atoms with Gasteiger partial charge in [-0.05, 0) is 12.3 Å². The van der Waals surface area contributed by atoms with Gasteiger partial charge in [0, 0.05) is 12.5 Å². The number of hydrogen-bond acceptors (Lipinski definition) is 2. The van der Waals surface area contributed by atoms with Crippen molar-refractivity contribution in [2.24, 2.45) is 11.8 Å². The third-order valence-corrected chi connectivity index (χ3v) is 2.46. The number of carbonyl (C=O) groups is 2. The number of hydrogen-bond donors (Lipinski definition) is 1. The normalized spacial score (nSPS) is 15.4. The Hall–Kier alpha value is -1.12. The Labute approximate surface area is 98.3 Å². The van der Waals surface area contributed by atoms with Crippen molar-refractivity contribution in [3.8, 4) is 0 Å². The summed E-state index contributed by atoms with van der Waals surface area (Å²) in [4.78, 5) is 22.7. The zero-order valence-electron chi connectivity index (χ0n) is 10.6. The lowest BCUT2D eigenvalue weighted by Crippen LogP contribution is -2.34. The highest BCUT2D eigenvalue weighted by atomic mass is 16.2. The van der Waals surface area contributed by atoms with Gasteiger partial charge in [-0.15, -0.1) is 6.58 Å². The summed E-state index contributed by atoms with van der Waals surface area (Å²) >= 11 is 0. The monoisotopic (exact) mass is 225 g/mol. The molecule has 3 heteroatoms. The van der Waals surface area contributed by atoms with Crippen LogP contribution in [-0.2, 0) is 9.59 Å². The van der Waals surface area contributed by atoms with Crippen molar-refractivity contribution in [3.05, 3.63) is 12.7 Å². The molecular formula is C13H23NO2. The molecule has 0 heterocycles. The highest BCUT2D eigenvalue weighted by Crippen LogP contribution is 2.35. The van der Waals surface area contributed by atoms with Crippen molar-refractivity contribution >= 4 is 11.7 Å². The molecule has 1 atom stereocenters. The Bertz CT molecular complexity index is 244. The minimum absolute atomic E-state index is 0.132. The molecule has 0 aromatic carbocycles. The van der Waals surface area contributed by atoms with Crippen LogP contribution in [0.3, 0.4) is 0 Å². The van der Waals surface area contributed by atoms with Crippen molar-refractivity contribution in [1.29, 1.82) is 0 Å². The lowest BCUT2D eigenvalue weighted by molar-refractivity contribution is -0.140. The summed E-state index contributed by atoms with van der Waals surface area (Å²) in [5.74, 6) is -0.217. The molecule has 0 saturated heterocycles. The zero-order valence-corrected chi connectivity index (χ0v) is 10.6. The number of amides is 1. The first kappa shape index (κ1) is 14.9. The predicted molar refractivity (Wildman–Crippen MR) is 66.1 cm³/mol. The van der Waals surface area contributed by atoms with Gasteiger partial charge >= 0.3 is 0 Å². The first-order chi connectivity index (χ1) is 7.65. The topological polar surface area (TPSA) is 46.2 Å². The van der Waals surface area contributed by atoms with Gasteiger partial charge in [-0.25, -0.2) is 0 Å². The van der Waals surface area contributed by atoms with Gasteiger partial charge in [-0.3, -0.25) is 9.59 Å². The maximum Gasteiger partial charge on any atom is 0.287 e. The zero-order chi connectivity index (χ0) is 12.6. The molecule has 1 aliphatic rings. The molecule has 1 N–H and O–H groups in total. The average Bonchev–Trinajstić information content (AvgIpc) is 3.11. The molecule has 16 heavy (non-hydrogen) atoms. The summed E-state index contributed by atoms with van der Waals surface area (Å²) < 4.78 is 0. The predicted octanol–water partition coefficient (Wildman–Crippen LogP) is 2.32. The Morgan fingerprint density at radius 1 is 1.44 bits per heavy atom. The first-order valence-corrected chi connectivity index (χ1v) is 6.08. The van der Waals surface area contributed by atoms with Crippen molar-refractivity contribution in [2.45, 2.75) is 40.0 Å². The van der Waals surface area contributed by atoms with E-state index in [1.807, 2.05) is 20.8 Å². The lowest BCUT2D eigenvalue weighted by atomic mass is 9.99. The molecule has 1 unspecified atom stereocenters. The minimum atomic E-state index is -0.474. The smallest absolute Gasteiger partial charge is 0.287 e. The van der Waals surface area contributed by atoms with Crippen LogP contribution >= 0.6 is 0 Å². The van der Waals surface area contributed by atoms with Crippen molar-refractivity contribution in [2.75, 3.05) is 6.54 Å². The SMILES string of the molecule is C=CCNC(=O)C(=O)C(C)CC1CC1.CC. The lowest BCUT2D eigenvalue weighted by Gasteiger charge is -2.08. The third kappa shape index (κ3) is 5.69. The second-order valence-electron chi connectivity index (χ2n) is 3.94. The fourth-order valence-corrected chi connectivity index (χ4v) is 1.44. The van der Waals surface area contributed by atoms with E-state index in [1.165, 1.54) is 12.8 Å². The van der Waals surface area contributed by atoms with Gasteiger partial charge < -0.3 is 5.32 Å². The summed E-state index contributed by atoms with van der Waals surface area (Å²) in [6, 6.07) is 0. The molecule has 92 valence electrons. The Balaban J connectivity index is 0.00000106. The number of carbonyl (C=O) groups excluding carboxylic acids is 2. The molecule has 0 spiro atoms. The standard InChI is InChI=1S/C11H17NO2.C2H6/c1-3-6-12-11(14)10(13)8(2)7-9-4-5-9;1-2/h3,8-9H,1,4-7H2,2H3,(H,12,14);1-2H3. The summed E-state index contributed by atoms with van der Waals surface area (Å²) in [6.07, 6.45) is 4.86. The van der Waals surface area contributed by atoms with E-state index in [2.05, 4.69) is 11.9 Å². The third-order valence-electron chi connectivity index (χ3n) is 2.46. The maximum absolute atomic E-state index is 11.5.